The largest absolute Gasteiger partial charge is 0.324 e. The molecule has 1 amide bonds. The van der Waals surface area contributed by atoms with E-state index >= 15 is 0 Å². The number of aromatic nitrogens is 2. The zero-order valence-corrected chi connectivity index (χ0v) is 8.27. The third kappa shape index (κ3) is 1.29. The van der Waals surface area contributed by atoms with Crippen molar-refractivity contribution in [2.75, 3.05) is 5.32 Å². The summed E-state index contributed by atoms with van der Waals surface area (Å²) >= 11 is 0. The molecule has 0 spiro atoms. The second kappa shape index (κ2) is 3.16. The van der Waals surface area contributed by atoms with Crippen LogP contribution in [0.3, 0.4) is 0 Å². The summed E-state index contributed by atoms with van der Waals surface area (Å²) in [6.45, 7) is 0.151. The Balaban J connectivity index is 2.29. The van der Waals surface area contributed by atoms with Gasteiger partial charge in [0.15, 0.2) is 0 Å². The zero-order chi connectivity index (χ0) is 11.1. The number of carbonyl (C=O) groups is 1. The average molecular weight is 217 g/mol. The van der Waals surface area contributed by atoms with Gasteiger partial charge in [-0.1, -0.05) is 0 Å². The maximum Gasteiger partial charge on any atom is 0.246 e. The second-order valence-corrected chi connectivity index (χ2v) is 3.61. The van der Waals surface area contributed by atoms with Crippen LogP contribution in [-0.4, -0.2) is 15.7 Å². The molecule has 2 aromatic rings. The molecule has 2 heterocycles. The lowest BCUT2D eigenvalue weighted by molar-refractivity contribution is -0.116. The third-order valence-electron chi connectivity index (χ3n) is 2.54. The minimum absolute atomic E-state index is 0.151. The number of halogens is 1. The lowest BCUT2D eigenvalue weighted by atomic mass is 10.1. The molecule has 0 atom stereocenters. The fourth-order valence-corrected chi connectivity index (χ4v) is 1.85. The minimum Gasteiger partial charge on any atom is -0.324 e. The van der Waals surface area contributed by atoms with E-state index in [9.17, 15) is 9.18 Å². The molecule has 0 saturated carbocycles. The van der Waals surface area contributed by atoms with Crippen molar-refractivity contribution in [3.63, 3.8) is 0 Å². The summed E-state index contributed by atoms with van der Waals surface area (Å²) in [6, 6.07) is 6.05. The van der Waals surface area contributed by atoms with Crippen LogP contribution >= 0.6 is 0 Å². The number of rotatable bonds is 0. The zero-order valence-electron chi connectivity index (χ0n) is 8.27. The molecule has 80 valence electrons. The quantitative estimate of drug-likeness (QED) is 0.729. The van der Waals surface area contributed by atoms with Gasteiger partial charge in [-0.15, -0.1) is 0 Å². The van der Waals surface area contributed by atoms with Crippen LogP contribution in [-0.2, 0) is 11.3 Å². The lowest BCUT2D eigenvalue weighted by Gasteiger charge is -2.05. The molecule has 4 nitrogen and oxygen atoms in total. The van der Waals surface area contributed by atoms with E-state index in [1.54, 1.807) is 23.0 Å². The molecule has 0 aliphatic carbocycles. The highest BCUT2D eigenvalue weighted by Gasteiger charge is 2.18. The molecule has 1 aliphatic heterocycles. The van der Waals surface area contributed by atoms with Gasteiger partial charge in [0.1, 0.15) is 12.4 Å². The van der Waals surface area contributed by atoms with Crippen molar-refractivity contribution in [1.82, 2.24) is 9.78 Å². The molecule has 1 aromatic heterocycles. The molecule has 0 saturated heterocycles. The van der Waals surface area contributed by atoms with Gasteiger partial charge in [0.2, 0.25) is 5.91 Å². The Morgan fingerprint density at radius 3 is 3.12 bits per heavy atom. The van der Waals surface area contributed by atoms with Crippen molar-refractivity contribution in [3.8, 4) is 11.3 Å². The first-order valence-electron chi connectivity index (χ1n) is 4.85. The summed E-state index contributed by atoms with van der Waals surface area (Å²) in [4.78, 5) is 11.5. The van der Waals surface area contributed by atoms with Crippen LogP contribution in [0, 0.1) is 5.82 Å². The number of hydrogen-bond acceptors (Lipinski definition) is 2. The summed E-state index contributed by atoms with van der Waals surface area (Å²) in [5.41, 5.74) is 2.02. The maximum atomic E-state index is 13.2. The smallest absolute Gasteiger partial charge is 0.246 e. The van der Waals surface area contributed by atoms with E-state index in [1.807, 2.05) is 0 Å². The lowest BCUT2D eigenvalue weighted by Crippen LogP contribution is -2.17. The molecule has 0 bridgehead atoms. The molecule has 16 heavy (non-hydrogen) atoms. The molecular weight excluding hydrogens is 209 g/mol. The molecule has 0 unspecified atom stereocenters. The number of nitrogens with zero attached hydrogens (tertiary/aromatic N) is 2. The van der Waals surface area contributed by atoms with Gasteiger partial charge in [0, 0.05) is 11.8 Å². The predicted molar refractivity (Wildman–Crippen MR) is 56.3 cm³/mol. The standard InChI is InChI=1S/C11H8FN3O/c12-7-1-2-9-8(5-7)10-3-4-13-15(10)6-11(16)14-9/h1-5H,6H2,(H,14,16). The normalized spacial score (nSPS) is 13.7. The Morgan fingerprint density at radius 2 is 2.25 bits per heavy atom. The van der Waals surface area contributed by atoms with Crippen molar-refractivity contribution >= 4 is 11.6 Å². The fourth-order valence-electron chi connectivity index (χ4n) is 1.85. The van der Waals surface area contributed by atoms with Crippen molar-refractivity contribution in [1.29, 1.82) is 0 Å². The van der Waals surface area contributed by atoms with Crippen LogP contribution in [0.4, 0.5) is 10.1 Å². The van der Waals surface area contributed by atoms with E-state index in [0.29, 0.717) is 11.3 Å². The number of amides is 1. The second-order valence-electron chi connectivity index (χ2n) is 3.61. The van der Waals surface area contributed by atoms with Gasteiger partial charge in [0.25, 0.3) is 0 Å². The Kier molecular flexibility index (Phi) is 1.80. The van der Waals surface area contributed by atoms with Crippen LogP contribution in [0.2, 0.25) is 0 Å². The number of hydrogen-bond donors (Lipinski definition) is 1. The van der Waals surface area contributed by atoms with Crippen molar-refractivity contribution in [3.05, 3.63) is 36.3 Å². The number of anilines is 1. The van der Waals surface area contributed by atoms with Crippen molar-refractivity contribution < 1.29 is 9.18 Å². The van der Waals surface area contributed by atoms with Crippen molar-refractivity contribution in [2.45, 2.75) is 6.54 Å². The van der Waals surface area contributed by atoms with Gasteiger partial charge in [-0.2, -0.15) is 5.10 Å². The minimum atomic E-state index is -0.331. The van der Waals surface area contributed by atoms with E-state index in [4.69, 9.17) is 0 Å². The Bertz CT molecular complexity index is 576. The van der Waals surface area contributed by atoms with Gasteiger partial charge in [-0.3, -0.25) is 9.48 Å². The van der Waals surface area contributed by atoms with Crippen LogP contribution in [0.5, 0.6) is 0 Å². The van der Waals surface area contributed by atoms with E-state index in [1.165, 1.54) is 12.1 Å². The summed E-state index contributed by atoms with van der Waals surface area (Å²) in [5.74, 6) is -0.488. The van der Waals surface area contributed by atoms with Gasteiger partial charge in [0.05, 0.1) is 11.4 Å². The van der Waals surface area contributed by atoms with Crippen LogP contribution in [0.15, 0.2) is 30.5 Å². The third-order valence-corrected chi connectivity index (χ3v) is 2.54. The predicted octanol–water partition coefficient (Wildman–Crippen LogP) is 1.64. The van der Waals surface area contributed by atoms with Gasteiger partial charge >= 0.3 is 0 Å². The maximum absolute atomic E-state index is 13.2. The van der Waals surface area contributed by atoms with Gasteiger partial charge in [-0.05, 0) is 24.3 Å². The first kappa shape index (κ1) is 9.08. The molecule has 1 aromatic carbocycles. The van der Waals surface area contributed by atoms with E-state index in [-0.39, 0.29) is 18.3 Å². The fraction of sp³-hybridized carbons (Fsp3) is 0.0909. The highest BCUT2D eigenvalue weighted by molar-refractivity contribution is 5.96. The highest BCUT2D eigenvalue weighted by Crippen LogP contribution is 2.30. The Hall–Kier alpha value is -2.17. The van der Waals surface area contributed by atoms with E-state index in [2.05, 4.69) is 10.4 Å². The highest BCUT2D eigenvalue weighted by atomic mass is 19.1. The first-order chi connectivity index (χ1) is 7.74. The van der Waals surface area contributed by atoms with Gasteiger partial charge in [-0.25, -0.2) is 4.39 Å². The van der Waals surface area contributed by atoms with E-state index in [0.717, 1.165) is 5.69 Å². The van der Waals surface area contributed by atoms with Crippen LogP contribution in [0.1, 0.15) is 0 Å². The van der Waals surface area contributed by atoms with Crippen molar-refractivity contribution in [2.24, 2.45) is 0 Å². The Labute approximate surface area is 90.7 Å². The molecule has 1 N–H and O–H groups in total. The molecule has 0 fully saturated rings. The molecule has 0 radical (unpaired) electrons. The first-order valence-corrected chi connectivity index (χ1v) is 4.85. The molecule has 5 heteroatoms. The van der Waals surface area contributed by atoms with Crippen LogP contribution < -0.4 is 5.32 Å². The number of carbonyl (C=O) groups excluding carboxylic acids is 1. The number of benzene rings is 1. The number of nitrogens with one attached hydrogen (secondary N) is 1. The molecule has 1 aliphatic rings. The summed E-state index contributed by atoms with van der Waals surface area (Å²) in [7, 11) is 0. The molecule has 3 rings (SSSR count). The number of fused-ring (bicyclic) bond motifs is 3. The average Bonchev–Trinajstić information content (AvgIpc) is 2.64. The van der Waals surface area contributed by atoms with Crippen LogP contribution in [0.25, 0.3) is 11.3 Å². The summed E-state index contributed by atoms with van der Waals surface area (Å²) in [6.07, 6.45) is 1.60. The van der Waals surface area contributed by atoms with E-state index < -0.39 is 0 Å². The summed E-state index contributed by atoms with van der Waals surface area (Å²) in [5, 5.41) is 6.75. The molecular formula is C11H8FN3O. The Morgan fingerprint density at radius 1 is 1.38 bits per heavy atom. The topological polar surface area (TPSA) is 46.9 Å². The monoisotopic (exact) mass is 217 g/mol. The van der Waals surface area contributed by atoms with Gasteiger partial charge < -0.3 is 5.32 Å². The summed E-state index contributed by atoms with van der Waals surface area (Å²) < 4.78 is 14.7. The SMILES string of the molecule is O=C1Cn2nccc2-c2cc(F)ccc2N1.